The summed E-state index contributed by atoms with van der Waals surface area (Å²) < 4.78 is 35.7. The number of nitrogens with one attached hydrogen (secondary N) is 1. The Bertz CT molecular complexity index is 1610. The van der Waals surface area contributed by atoms with Crippen molar-refractivity contribution < 1.29 is 27.9 Å². The van der Waals surface area contributed by atoms with Crippen LogP contribution in [0.3, 0.4) is 0 Å². The fraction of sp³-hybridized carbons (Fsp3) is 0.333. The van der Waals surface area contributed by atoms with Gasteiger partial charge in [-0.1, -0.05) is 53.2 Å². The Kier molecular flexibility index (Phi) is 8.58. The van der Waals surface area contributed by atoms with E-state index >= 15 is 0 Å². The van der Waals surface area contributed by atoms with Crippen LogP contribution in [0.4, 0.5) is 8.78 Å². The van der Waals surface area contributed by atoms with Crippen LogP contribution in [-0.4, -0.2) is 46.2 Å². The molecule has 5 rings (SSSR count). The van der Waals surface area contributed by atoms with Crippen molar-refractivity contribution in [2.24, 2.45) is 5.16 Å². The lowest BCUT2D eigenvalue weighted by Gasteiger charge is -2.40. The van der Waals surface area contributed by atoms with Gasteiger partial charge in [0, 0.05) is 43.7 Å². The van der Waals surface area contributed by atoms with Gasteiger partial charge in [0.25, 0.3) is 11.8 Å². The van der Waals surface area contributed by atoms with E-state index in [2.05, 4.69) is 10.5 Å². The standard InChI is InChI=1S/C30H29ClF2N4O5/c1-17-12-21-14-36(18(2)10-11-42-35-17)30(40)26-28(41-16-19-6-4-3-5-7-19)27(38)22(15-37(21)26)29(39)34-13-20-8-9-23(32)24(31)25(20)33/h3-9,15,18,21H,10-14,16H2,1-2H3,(H,34,39)/b35-17-/t18-,21-/m0/s1. The van der Waals surface area contributed by atoms with E-state index in [1.165, 1.54) is 6.20 Å². The normalized spacial score (nSPS) is 19.7. The SMILES string of the molecule is C/C1=N/OCC[C@H](C)N2C[C@H](C1)n1cc(C(=O)NCc3ccc(F)c(Cl)c3F)c(=O)c(OCc3ccccc3)c1C2=O. The summed E-state index contributed by atoms with van der Waals surface area (Å²) in [5.74, 6) is -3.41. The van der Waals surface area contributed by atoms with Gasteiger partial charge in [-0.2, -0.15) is 0 Å². The highest BCUT2D eigenvalue weighted by atomic mass is 35.5. The number of halogens is 3. The van der Waals surface area contributed by atoms with E-state index in [0.29, 0.717) is 31.7 Å². The van der Waals surface area contributed by atoms with Gasteiger partial charge in [-0.3, -0.25) is 14.4 Å². The topological polar surface area (TPSA) is 102 Å². The first-order valence-electron chi connectivity index (χ1n) is 13.5. The van der Waals surface area contributed by atoms with E-state index in [1.54, 1.807) is 16.4 Å². The Balaban J connectivity index is 1.58. The molecule has 0 spiro atoms. The molecule has 220 valence electrons. The van der Waals surface area contributed by atoms with E-state index in [4.69, 9.17) is 21.2 Å². The Hall–Kier alpha value is -4.25. The molecule has 0 radical (unpaired) electrons. The summed E-state index contributed by atoms with van der Waals surface area (Å²) in [5, 5.41) is 5.99. The molecule has 2 aliphatic heterocycles. The first-order chi connectivity index (χ1) is 20.2. The Morgan fingerprint density at radius 2 is 1.95 bits per heavy atom. The molecule has 42 heavy (non-hydrogen) atoms. The summed E-state index contributed by atoms with van der Waals surface area (Å²) in [6.45, 7) is 3.98. The molecule has 2 aromatic carbocycles. The van der Waals surface area contributed by atoms with Crippen molar-refractivity contribution in [1.29, 1.82) is 0 Å². The number of hydrogen-bond acceptors (Lipinski definition) is 6. The van der Waals surface area contributed by atoms with Gasteiger partial charge in [0.1, 0.15) is 35.4 Å². The summed E-state index contributed by atoms with van der Waals surface area (Å²) in [4.78, 5) is 48.2. The van der Waals surface area contributed by atoms with Crippen LogP contribution in [0.15, 0.2) is 58.6 Å². The third kappa shape index (κ3) is 5.87. The zero-order valence-corrected chi connectivity index (χ0v) is 23.8. The number of pyridine rings is 1. The van der Waals surface area contributed by atoms with Crippen LogP contribution >= 0.6 is 11.6 Å². The molecule has 1 N–H and O–H groups in total. The number of rotatable bonds is 6. The largest absolute Gasteiger partial charge is 0.483 e. The van der Waals surface area contributed by atoms with Gasteiger partial charge in [0.2, 0.25) is 5.43 Å². The minimum atomic E-state index is -1.01. The zero-order valence-electron chi connectivity index (χ0n) is 23.0. The highest BCUT2D eigenvalue weighted by molar-refractivity contribution is 6.31. The van der Waals surface area contributed by atoms with E-state index < -0.39 is 33.9 Å². The second-order valence-electron chi connectivity index (χ2n) is 10.4. The lowest BCUT2D eigenvalue weighted by Crippen LogP contribution is -2.50. The number of amides is 2. The molecular weight excluding hydrogens is 570 g/mol. The predicted octanol–water partition coefficient (Wildman–Crippen LogP) is 4.86. The zero-order chi connectivity index (χ0) is 30.0. The molecule has 0 saturated carbocycles. The van der Waals surface area contributed by atoms with Crippen molar-refractivity contribution in [3.05, 3.63) is 97.9 Å². The lowest BCUT2D eigenvalue weighted by atomic mass is 10.0. The van der Waals surface area contributed by atoms with Crippen molar-refractivity contribution in [2.45, 2.75) is 51.9 Å². The average Bonchev–Trinajstić information content (AvgIpc) is 2.98. The van der Waals surface area contributed by atoms with Crippen LogP contribution in [0.25, 0.3) is 0 Å². The molecule has 3 heterocycles. The van der Waals surface area contributed by atoms with Crippen LogP contribution < -0.4 is 15.5 Å². The molecule has 3 aromatic rings. The maximum Gasteiger partial charge on any atom is 0.274 e. The monoisotopic (exact) mass is 598 g/mol. The third-order valence-electron chi connectivity index (χ3n) is 7.39. The number of ether oxygens (including phenoxy) is 1. The van der Waals surface area contributed by atoms with E-state index in [-0.39, 0.29) is 47.8 Å². The lowest BCUT2D eigenvalue weighted by molar-refractivity contribution is 0.0494. The van der Waals surface area contributed by atoms with E-state index in [0.717, 1.165) is 17.7 Å². The quantitative estimate of drug-likeness (QED) is 0.408. The van der Waals surface area contributed by atoms with Gasteiger partial charge in [-0.25, -0.2) is 8.78 Å². The Labute approximate surface area is 245 Å². The fourth-order valence-corrected chi connectivity index (χ4v) is 5.28. The number of nitrogens with zero attached hydrogens (tertiary/aromatic N) is 3. The first-order valence-corrected chi connectivity index (χ1v) is 13.9. The second-order valence-corrected chi connectivity index (χ2v) is 10.7. The number of fused-ring (bicyclic) bond motifs is 4. The molecule has 12 heteroatoms. The van der Waals surface area contributed by atoms with Gasteiger partial charge in [0.05, 0.1) is 11.8 Å². The highest BCUT2D eigenvalue weighted by Crippen LogP contribution is 2.32. The summed E-state index contributed by atoms with van der Waals surface area (Å²) in [6.07, 6.45) is 2.25. The smallest absolute Gasteiger partial charge is 0.274 e. The predicted molar refractivity (Wildman–Crippen MR) is 152 cm³/mol. The molecule has 2 atom stereocenters. The van der Waals surface area contributed by atoms with Gasteiger partial charge < -0.3 is 24.4 Å². The van der Waals surface area contributed by atoms with Gasteiger partial charge >= 0.3 is 0 Å². The van der Waals surface area contributed by atoms with Gasteiger partial charge in [-0.15, -0.1) is 0 Å². The second kappa shape index (κ2) is 12.3. The highest BCUT2D eigenvalue weighted by Gasteiger charge is 2.38. The van der Waals surface area contributed by atoms with E-state index in [9.17, 15) is 23.2 Å². The molecule has 0 saturated heterocycles. The summed E-state index contributed by atoms with van der Waals surface area (Å²) in [5.41, 5.74) is 0.333. The van der Waals surface area contributed by atoms with Crippen LogP contribution in [0, 0.1) is 11.6 Å². The van der Waals surface area contributed by atoms with Crippen molar-refractivity contribution in [3.63, 3.8) is 0 Å². The number of oxime groups is 1. The first kappa shape index (κ1) is 29.2. The maximum atomic E-state index is 14.5. The van der Waals surface area contributed by atoms with E-state index in [1.807, 2.05) is 37.3 Å². The fourth-order valence-electron chi connectivity index (χ4n) is 5.09. The number of carbonyl (C=O) groups is 2. The summed E-state index contributed by atoms with van der Waals surface area (Å²) in [7, 11) is 0. The Morgan fingerprint density at radius 1 is 1.19 bits per heavy atom. The molecule has 1 aromatic heterocycles. The number of carbonyl (C=O) groups excluding carboxylic acids is 2. The van der Waals surface area contributed by atoms with Crippen LogP contribution in [-0.2, 0) is 18.0 Å². The average molecular weight is 599 g/mol. The molecule has 0 fully saturated rings. The molecule has 2 bridgehead atoms. The van der Waals surface area contributed by atoms with Crippen LogP contribution in [0.1, 0.15) is 64.7 Å². The third-order valence-corrected chi connectivity index (χ3v) is 7.74. The van der Waals surface area contributed by atoms with Gasteiger partial charge in [-0.05, 0) is 25.5 Å². The van der Waals surface area contributed by atoms with Gasteiger partial charge in [0.15, 0.2) is 11.4 Å². The molecule has 2 amide bonds. The number of aromatic nitrogens is 1. The number of hydrogen-bond donors (Lipinski definition) is 1. The maximum absolute atomic E-state index is 14.5. The minimum Gasteiger partial charge on any atom is -0.483 e. The Morgan fingerprint density at radius 3 is 2.71 bits per heavy atom. The summed E-state index contributed by atoms with van der Waals surface area (Å²) in [6, 6.07) is 10.7. The minimum absolute atomic E-state index is 0.0186. The van der Waals surface area contributed by atoms with Crippen LogP contribution in [0.2, 0.25) is 5.02 Å². The molecule has 0 aliphatic carbocycles. The molecule has 2 aliphatic rings. The summed E-state index contributed by atoms with van der Waals surface area (Å²) >= 11 is 5.67. The van der Waals surface area contributed by atoms with Crippen LogP contribution in [0.5, 0.6) is 5.75 Å². The van der Waals surface area contributed by atoms with Crippen molar-refractivity contribution in [1.82, 2.24) is 14.8 Å². The molecule has 0 unspecified atom stereocenters. The molecule has 9 nitrogen and oxygen atoms in total. The number of benzene rings is 2. The van der Waals surface area contributed by atoms with Crippen molar-refractivity contribution >= 4 is 29.1 Å². The molecular formula is C30H29ClF2N4O5. The van der Waals surface area contributed by atoms with Crippen molar-refractivity contribution in [3.8, 4) is 5.75 Å². The van der Waals surface area contributed by atoms with Crippen molar-refractivity contribution in [2.75, 3.05) is 13.2 Å².